The van der Waals surface area contributed by atoms with E-state index in [0.717, 1.165) is 36.6 Å². The fourth-order valence-corrected chi connectivity index (χ4v) is 6.03. The summed E-state index contributed by atoms with van der Waals surface area (Å²) in [6.07, 6.45) is 6.85. The summed E-state index contributed by atoms with van der Waals surface area (Å²) in [5, 5.41) is 3.92. The highest BCUT2D eigenvalue weighted by molar-refractivity contribution is 6.30. The molecule has 0 bridgehead atoms. The summed E-state index contributed by atoms with van der Waals surface area (Å²) in [5.41, 5.74) is 2.15. The van der Waals surface area contributed by atoms with E-state index in [1.165, 1.54) is 31.2 Å². The van der Waals surface area contributed by atoms with Crippen molar-refractivity contribution in [3.05, 3.63) is 65.2 Å². The molecule has 0 unspecified atom stereocenters. The Morgan fingerprint density at radius 2 is 1.63 bits per heavy atom. The minimum atomic E-state index is -0.401. The standard InChI is InChI=1S/C25H30ClN3O/c26-20-12-10-19(11-13-20)22-8-4-5-9-23(22)28-16-14-25(15-17-28)24(30)27-18-29(25)21-6-2-1-3-7-21/h1-3,6-7,10-13,22-23H,4-5,8-9,14-18H2,(H,27,30)/t22-,23-/m0/s1. The van der Waals surface area contributed by atoms with Gasteiger partial charge in [-0.05, 0) is 61.4 Å². The van der Waals surface area contributed by atoms with E-state index in [9.17, 15) is 4.79 Å². The van der Waals surface area contributed by atoms with Crippen LogP contribution in [-0.2, 0) is 4.79 Å². The van der Waals surface area contributed by atoms with Crippen molar-refractivity contribution in [3.8, 4) is 0 Å². The minimum Gasteiger partial charge on any atom is -0.339 e. The number of likely N-dealkylation sites (tertiary alicyclic amines) is 1. The van der Waals surface area contributed by atoms with Crippen LogP contribution in [0.15, 0.2) is 54.6 Å². The average molecular weight is 424 g/mol. The van der Waals surface area contributed by atoms with Crippen LogP contribution in [0.2, 0.25) is 5.02 Å². The van der Waals surface area contributed by atoms with Gasteiger partial charge in [-0.1, -0.05) is 54.8 Å². The van der Waals surface area contributed by atoms with Crippen molar-refractivity contribution in [2.24, 2.45) is 0 Å². The van der Waals surface area contributed by atoms with Crippen LogP contribution < -0.4 is 10.2 Å². The van der Waals surface area contributed by atoms with Gasteiger partial charge in [-0.3, -0.25) is 9.69 Å². The summed E-state index contributed by atoms with van der Waals surface area (Å²) in [4.78, 5) is 17.9. The number of nitrogens with one attached hydrogen (secondary N) is 1. The summed E-state index contributed by atoms with van der Waals surface area (Å²) in [6, 6.07) is 19.4. The molecule has 3 aliphatic rings. The van der Waals surface area contributed by atoms with Gasteiger partial charge in [-0.15, -0.1) is 0 Å². The second-order valence-electron chi connectivity index (χ2n) is 9.00. The molecule has 1 N–H and O–H groups in total. The zero-order valence-corrected chi connectivity index (χ0v) is 18.2. The molecule has 2 atom stereocenters. The number of nitrogens with zero attached hydrogens (tertiary/aromatic N) is 2. The maximum atomic E-state index is 13.0. The van der Waals surface area contributed by atoms with Gasteiger partial charge in [0.15, 0.2) is 0 Å². The molecular formula is C25H30ClN3O. The second-order valence-corrected chi connectivity index (χ2v) is 9.44. The van der Waals surface area contributed by atoms with Crippen LogP contribution in [0.5, 0.6) is 0 Å². The molecule has 158 valence electrons. The molecular weight excluding hydrogens is 394 g/mol. The van der Waals surface area contributed by atoms with Gasteiger partial charge >= 0.3 is 0 Å². The first-order valence-corrected chi connectivity index (χ1v) is 11.7. The highest BCUT2D eigenvalue weighted by atomic mass is 35.5. The lowest BCUT2D eigenvalue weighted by atomic mass is 9.77. The molecule has 5 rings (SSSR count). The van der Waals surface area contributed by atoms with Crippen LogP contribution in [0.25, 0.3) is 0 Å². The lowest BCUT2D eigenvalue weighted by Crippen LogP contribution is -2.58. The Morgan fingerprint density at radius 1 is 0.933 bits per heavy atom. The van der Waals surface area contributed by atoms with E-state index in [0.29, 0.717) is 18.6 Å². The average Bonchev–Trinajstić information content (AvgIpc) is 3.11. The van der Waals surface area contributed by atoms with E-state index >= 15 is 0 Å². The summed E-state index contributed by atoms with van der Waals surface area (Å²) in [5.74, 6) is 0.761. The van der Waals surface area contributed by atoms with E-state index in [1.54, 1.807) is 0 Å². The largest absolute Gasteiger partial charge is 0.339 e. The molecule has 2 saturated heterocycles. The van der Waals surface area contributed by atoms with Gasteiger partial charge in [0.05, 0.1) is 6.67 Å². The van der Waals surface area contributed by atoms with E-state index in [-0.39, 0.29) is 5.91 Å². The Bertz CT molecular complexity index is 877. The van der Waals surface area contributed by atoms with Gasteiger partial charge in [0, 0.05) is 29.8 Å². The van der Waals surface area contributed by atoms with Crippen LogP contribution in [-0.4, -0.2) is 42.1 Å². The molecule has 1 amide bonds. The van der Waals surface area contributed by atoms with E-state index in [1.807, 2.05) is 18.2 Å². The number of anilines is 1. The number of amides is 1. The van der Waals surface area contributed by atoms with Crippen LogP contribution in [0, 0.1) is 0 Å². The third-order valence-corrected chi connectivity index (χ3v) is 7.78. The number of hydrogen-bond donors (Lipinski definition) is 1. The van der Waals surface area contributed by atoms with Crippen LogP contribution in [0.1, 0.15) is 50.0 Å². The predicted molar refractivity (Wildman–Crippen MR) is 122 cm³/mol. The normalized spacial score (nSPS) is 26.7. The van der Waals surface area contributed by atoms with Crippen LogP contribution in [0.4, 0.5) is 5.69 Å². The molecule has 5 heteroatoms. The lowest BCUT2D eigenvalue weighted by molar-refractivity contribution is -0.125. The molecule has 0 radical (unpaired) electrons. The Hall–Kier alpha value is -2.04. The molecule has 4 nitrogen and oxygen atoms in total. The number of carbonyl (C=O) groups excluding carboxylic acids is 1. The minimum absolute atomic E-state index is 0.198. The number of rotatable bonds is 3. The zero-order valence-electron chi connectivity index (χ0n) is 17.4. The number of para-hydroxylation sites is 1. The maximum absolute atomic E-state index is 13.0. The predicted octanol–water partition coefficient (Wildman–Crippen LogP) is 4.79. The molecule has 0 aromatic heterocycles. The van der Waals surface area contributed by atoms with E-state index in [2.05, 4.69) is 51.5 Å². The van der Waals surface area contributed by atoms with Gasteiger partial charge < -0.3 is 10.2 Å². The fourth-order valence-electron chi connectivity index (χ4n) is 5.91. The second kappa shape index (κ2) is 8.24. The highest BCUT2D eigenvalue weighted by Crippen LogP contribution is 2.41. The third-order valence-electron chi connectivity index (χ3n) is 7.53. The molecule has 2 aromatic rings. The molecule has 3 fully saturated rings. The van der Waals surface area contributed by atoms with Gasteiger partial charge in [-0.25, -0.2) is 0 Å². The zero-order chi connectivity index (χ0) is 20.6. The SMILES string of the molecule is O=C1NCN(c2ccccc2)C12CCN([C@H]1CCCC[C@H]1c1ccc(Cl)cc1)CC2. The van der Waals surface area contributed by atoms with Crippen molar-refractivity contribution in [2.75, 3.05) is 24.7 Å². The van der Waals surface area contributed by atoms with Crippen molar-refractivity contribution >= 4 is 23.2 Å². The summed E-state index contributed by atoms with van der Waals surface area (Å²) in [7, 11) is 0. The van der Waals surface area contributed by atoms with Gasteiger partial charge in [-0.2, -0.15) is 0 Å². The van der Waals surface area contributed by atoms with Crippen molar-refractivity contribution < 1.29 is 4.79 Å². The quantitative estimate of drug-likeness (QED) is 0.770. The smallest absolute Gasteiger partial charge is 0.247 e. The number of benzene rings is 2. The Morgan fingerprint density at radius 3 is 2.37 bits per heavy atom. The van der Waals surface area contributed by atoms with E-state index in [4.69, 9.17) is 11.6 Å². The van der Waals surface area contributed by atoms with Crippen LogP contribution >= 0.6 is 11.6 Å². The Balaban J connectivity index is 1.34. The monoisotopic (exact) mass is 423 g/mol. The summed E-state index contributed by atoms with van der Waals surface area (Å²) >= 11 is 6.13. The molecule has 1 aliphatic carbocycles. The summed E-state index contributed by atoms with van der Waals surface area (Å²) < 4.78 is 0. The molecule has 30 heavy (non-hydrogen) atoms. The van der Waals surface area contributed by atoms with E-state index < -0.39 is 5.54 Å². The first-order valence-electron chi connectivity index (χ1n) is 11.3. The number of halogens is 1. The number of piperidine rings is 1. The Kier molecular flexibility index (Phi) is 5.46. The molecule has 2 aliphatic heterocycles. The third kappa shape index (κ3) is 3.50. The van der Waals surface area contributed by atoms with Crippen molar-refractivity contribution in [1.29, 1.82) is 0 Å². The van der Waals surface area contributed by atoms with Crippen molar-refractivity contribution in [2.45, 2.75) is 56.0 Å². The molecule has 1 spiro atoms. The number of hydrogen-bond acceptors (Lipinski definition) is 3. The van der Waals surface area contributed by atoms with Crippen molar-refractivity contribution in [1.82, 2.24) is 10.2 Å². The molecule has 1 saturated carbocycles. The fraction of sp³-hybridized carbons (Fsp3) is 0.480. The topological polar surface area (TPSA) is 35.6 Å². The molecule has 2 aromatic carbocycles. The van der Waals surface area contributed by atoms with Crippen molar-refractivity contribution in [3.63, 3.8) is 0 Å². The maximum Gasteiger partial charge on any atom is 0.247 e. The first kappa shape index (κ1) is 19.9. The van der Waals surface area contributed by atoms with Gasteiger partial charge in [0.25, 0.3) is 0 Å². The first-order chi connectivity index (χ1) is 14.7. The lowest BCUT2D eigenvalue weighted by Gasteiger charge is -2.48. The van der Waals surface area contributed by atoms with Crippen LogP contribution in [0.3, 0.4) is 0 Å². The Labute approximate surface area is 184 Å². The number of carbonyl (C=O) groups is 1. The van der Waals surface area contributed by atoms with Gasteiger partial charge in [0.1, 0.15) is 5.54 Å². The van der Waals surface area contributed by atoms with Gasteiger partial charge in [0.2, 0.25) is 5.91 Å². The highest BCUT2D eigenvalue weighted by Gasteiger charge is 2.51. The molecule has 2 heterocycles. The summed E-state index contributed by atoms with van der Waals surface area (Å²) in [6.45, 7) is 2.57.